The topological polar surface area (TPSA) is 67.2 Å². The van der Waals surface area contributed by atoms with Gasteiger partial charge >= 0.3 is 0 Å². The molecular weight excluding hydrogens is 460 g/mol. The fourth-order valence-corrected chi connectivity index (χ4v) is 4.07. The Bertz CT molecular complexity index is 1320. The lowest BCUT2D eigenvalue weighted by Crippen LogP contribution is -2.39. The molecule has 0 saturated heterocycles. The molecule has 0 aliphatic heterocycles. The Kier molecular flexibility index (Phi) is 6.64. The van der Waals surface area contributed by atoms with Crippen LogP contribution >= 0.6 is 11.6 Å². The lowest BCUT2D eigenvalue weighted by Gasteiger charge is -2.22. The zero-order valence-electron chi connectivity index (χ0n) is 19.1. The fraction of sp³-hybridized carbons (Fsp3) is 0.179. The van der Waals surface area contributed by atoms with Gasteiger partial charge in [-0.15, -0.1) is 0 Å². The Morgan fingerprint density at radius 3 is 2.26 bits per heavy atom. The smallest absolute Gasteiger partial charge is 0.254 e. The fourth-order valence-electron chi connectivity index (χ4n) is 3.95. The maximum Gasteiger partial charge on any atom is 0.254 e. The molecule has 5 rings (SSSR count). The van der Waals surface area contributed by atoms with Gasteiger partial charge in [0, 0.05) is 34.6 Å². The van der Waals surface area contributed by atoms with Crippen molar-refractivity contribution in [2.45, 2.75) is 12.8 Å². The van der Waals surface area contributed by atoms with Crippen molar-refractivity contribution in [3.8, 4) is 16.9 Å². The van der Waals surface area contributed by atoms with Crippen molar-refractivity contribution < 1.29 is 9.59 Å². The summed E-state index contributed by atoms with van der Waals surface area (Å²) in [7, 11) is 0. The third-order valence-corrected chi connectivity index (χ3v) is 6.20. The molecule has 35 heavy (non-hydrogen) atoms. The molecule has 1 heterocycles. The van der Waals surface area contributed by atoms with E-state index in [2.05, 4.69) is 5.32 Å². The predicted molar refractivity (Wildman–Crippen MR) is 138 cm³/mol. The van der Waals surface area contributed by atoms with Gasteiger partial charge in [-0.05, 0) is 55.2 Å². The average Bonchev–Trinajstić information content (AvgIpc) is 3.61. The van der Waals surface area contributed by atoms with Crippen molar-refractivity contribution >= 4 is 29.4 Å². The van der Waals surface area contributed by atoms with Gasteiger partial charge in [0.2, 0.25) is 11.9 Å². The molecule has 0 atom stereocenters. The van der Waals surface area contributed by atoms with Crippen LogP contribution in [-0.4, -0.2) is 39.4 Å². The van der Waals surface area contributed by atoms with E-state index in [1.165, 1.54) is 0 Å². The van der Waals surface area contributed by atoms with Crippen LogP contribution in [0.15, 0.2) is 91.1 Å². The van der Waals surface area contributed by atoms with Gasteiger partial charge in [0.05, 0.1) is 5.69 Å². The van der Waals surface area contributed by atoms with Gasteiger partial charge in [0.15, 0.2) is 0 Å². The minimum atomic E-state index is -0.296. The monoisotopic (exact) mass is 484 g/mol. The SMILES string of the molecule is O=C(CN(CC1CC1)C(=O)c1ccc(Cl)cc1)Nc1nc(-c2ccccc2)cn1-c1ccccc1. The minimum Gasteiger partial charge on any atom is -0.329 e. The van der Waals surface area contributed by atoms with Gasteiger partial charge in [-0.25, -0.2) is 4.98 Å². The molecule has 6 nitrogen and oxygen atoms in total. The van der Waals surface area contributed by atoms with Crippen LogP contribution in [0.5, 0.6) is 0 Å². The molecule has 1 N–H and O–H groups in total. The summed E-state index contributed by atoms with van der Waals surface area (Å²) in [4.78, 5) is 32.6. The number of amides is 2. The van der Waals surface area contributed by atoms with Crippen LogP contribution in [0.1, 0.15) is 23.2 Å². The number of hydrogen-bond acceptors (Lipinski definition) is 3. The van der Waals surface area contributed by atoms with E-state index in [9.17, 15) is 9.59 Å². The van der Waals surface area contributed by atoms with Gasteiger partial charge in [-0.1, -0.05) is 60.1 Å². The molecule has 1 aliphatic carbocycles. The van der Waals surface area contributed by atoms with Crippen molar-refractivity contribution in [3.63, 3.8) is 0 Å². The summed E-state index contributed by atoms with van der Waals surface area (Å²) < 4.78 is 1.85. The van der Waals surface area contributed by atoms with E-state index < -0.39 is 0 Å². The molecule has 0 radical (unpaired) electrons. The molecule has 1 aromatic heterocycles. The van der Waals surface area contributed by atoms with E-state index >= 15 is 0 Å². The van der Waals surface area contributed by atoms with Gasteiger partial charge in [-0.2, -0.15) is 0 Å². The highest BCUT2D eigenvalue weighted by molar-refractivity contribution is 6.30. The molecule has 2 amide bonds. The number of aromatic nitrogens is 2. The third-order valence-electron chi connectivity index (χ3n) is 5.95. The van der Waals surface area contributed by atoms with E-state index in [0.717, 1.165) is 29.8 Å². The van der Waals surface area contributed by atoms with Crippen LogP contribution in [-0.2, 0) is 4.79 Å². The quantitative estimate of drug-likeness (QED) is 0.349. The molecule has 1 saturated carbocycles. The highest BCUT2D eigenvalue weighted by atomic mass is 35.5. The molecule has 3 aromatic carbocycles. The number of anilines is 1. The summed E-state index contributed by atoms with van der Waals surface area (Å²) in [5.74, 6) is 0.371. The Morgan fingerprint density at radius 1 is 0.943 bits per heavy atom. The maximum absolute atomic E-state index is 13.2. The molecule has 0 unspecified atom stereocenters. The van der Waals surface area contributed by atoms with Gasteiger partial charge in [0.25, 0.3) is 5.91 Å². The van der Waals surface area contributed by atoms with E-state index in [1.54, 1.807) is 29.2 Å². The van der Waals surface area contributed by atoms with E-state index in [4.69, 9.17) is 16.6 Å². The first-order valence-electron chi connectivity index (χ1n) is 11.6. The zero-order chi connectivity index (χ0) is 24.2. The van der Waals surface area contributed by atoms with E-state index in [-0.39, 0.29) is 18.4 Å². The standard InChI is InChI=1S/C28H25ClN4O2/c29-23-15-13-22(14-16-23)27(35)32(17-20-11-12-20)19-26(34)31-28-30-25(21-7-3-1-4-8-21)18-33(28)24-9-5-2-6-10-24/h1-10,13-16,18,20H,11-12,17,19H2,(H,30,31,34). The second-order valence-corrected chi connectivity index (χ2v) is 9.14. The Balaban J connectivity index is 1.39. The van der Waals surface area contributed by atoms with Crippen molar-refractivity contribution in [2.24, 2.45) is 5.92 Å². The Hall–Kier alpha value is -3.90. The summed E-state index contributed by atoms with van der Waals surface area (Å²) in [6.07, 6.45) is 4.05. The van der Waals surface area contributed by atoms with Crippen molar-refractivity contribution in [1.29, 1.82) is 0 Å². The molecule has 7 heteroatoms. The number of nitrogens with zero attached hydrogens (tertiary/aromatic N) is 3. The lowest BCUT2D eigenvalue weighted by atomic mass is 10.2. The van der Waals surface area contributed by atoms with Gasteiger partial charge < -0.3 is 4.90 Å². The van der Waals surface area contributed by atoms with Crippen LogP contribution in [0, 0.1) is 5.92 Å². The highest BCUT2D eigenvalue weighted by Gasteiger charge is 2.29. The average molecular weight is 485 g/mol. The summed E-state index contributed by atoms with van der Waals surface area (Å²) >= 11 is 5.98. The second kappa shape index (κ2) is 10.2. The number of nitrogens with one attached hydrogen (secondary N) is 1. The predicted octanol–water partition coefficient (Wildman–Crippen LogP) is 5.68. The molecule has 1 aliphatic rings. The van der Waals surface area contributed by atoms with Crippen molar-refractivity contribution in [2.75, 3.05) is 18.4 Å². The minimum absolute atomic E-state index is 0.0553. The summed E-state index contributed by atoms with van der Waals surface area (Å²) in [5.41, 5.74) is 3.09. The van der Waals surface area contributed by atoms with Crippen LogP contribution in [0.2, 0.25) is 5.02 Å². The van der Waals surface area contributed by atoms with E-state index in [0.29, 0.717) is 29.0 Å². The number of rotatable bonds is 8. The van der Waals surface area contributed by atoms with Crippen molar-refractivity contribution in [3.05, 3.63) is 102 Å². The molecule has 4 aromatic rings. The number of hydrogen-bond donors (Lipinski definition) is 1. The summed E-state index contributed by atoms with van der Waals surface area (Å²) in [6.45, 7) is 0.498. The van der Waals surface area contributed by atoms with Crippen molar-refractivity contribution in [1.82, 2.24) is 14.5 Å². The Morgan fingerprint density at radius 2 is 1.60 bits per heavy atom. The number of benzene rings is 3. The number of para-hydroxylation sites is 1. The zero-order valence-corrected chi connectivity index (χ0v) is 19.9. The summed E-state index contributed by atoms with van der Waals surface area (Å²) in [5, 5.41) is 3.50. The van der Waals surface area contributed by atoms with Gasteiger partial charge in [-0.3, -0.25) is 19.5 Å². The third kappa shape index (κ3) is 5.61. The first-order valence-corrected chi connectivity index (χ1v) is 12.0. The first-order chi connectivity index (χ1) is 17.1. The van der Waals surface area contributed by atoms with Gasteiger partial charge in [0.1, 0.15) is 6.54 Å². The molecule has 176 valence electrons. The lowest BCUT2D eigenvalue weighted by molar-refractivity contribution is -0.117. The number of halogens is 1. The van der Waals surface area contributed by atoms with E-state index in [1.807, 2.05) is 71.4 Å². The van der Waals surface area contributed by atoms with Crippen LogP contribution in [0.4, 0.5) is 5.95 Å². The highest BCUT2D eigenvalue weighted by Crippen LogP contribution is 2.30. The summed E-state index contributed by atoms with van der Waals surface area (Å²) in [6, 6.07) is 26.3. The maximum atomic E-state index is 13.2. The largest absolute Gasteiger partial charge is 0.329 e. The molecular formula is C28H25ClN4O2. The van der Waals surface area contributed by atoms with Crippen LogP contribution in [0.3, 0.4) is 0 Å². The van der Waals surface area contributed by atoms with Crippen LogP contribution < -0.4 is 5.32 Å². The first kappa shape index (κ1) is 22.9. The number of imidazole rings is 1. The number of carbonyl (C=O) groups excluding carboxylic acids is 2. The number of carbonyl (C=O) groups is 2. The molecule has 0 bridgehead atoms. The molecule has 1 fully saturated rings. The normalized spacial score (nSPS) is 12.8. The molecule has 0 spiro atoms. The van der Waals surface area contributed by atoms with Crippen LogP contribution in [0.25, 0.3) is 16.9 Å². The second-order valence-electron chi connectivity index (χ2n) is 8.71. The Labute approximate surface area is 209 Å².